The molecule has 2 rings (SSSR count). The zero-order valence-corrected chi connectivity index (χ0v) is 9.38. The van der Waals surface area contributed by atoms with E-state index in [1.54, 1.807) is 12.4 Å². The average molecular weight is 218 g/mol. The summed E-state index contributed by atoms with van der Waals surface area (Å²) in [5.41, 5.74) is 6.37. The topological polar surface area (TPSA) is 82.5 Å². The maximum Gasteiger partial charge on any atom is 0.186 e. The standard InChI is InChI=1S/C10H14N6/c1-3-6-16-7(2)14-15-10(16)8-9(11)13-5-4-12-8/h4-5H,3,6H2,1-2H3,(H2,11,13). The van der Waals surface area contributed by atoms with Gasteiger partial charge in [0.05, 0.1) is 0 Å². The second-order valence-corrected chi connectivity index (χ2v) is 3.51. The number of hydrogen-bond acceptors (Lipinski definition) is 5. The summed E-state index contributed by atoms with van der Waals surface area (Å²) in [4.78, 5) is 8.19. The molecule has 0 aliphatic rings. The smallest absolute Gasteiger partial charge is 0.186 e. The van der Waals surface area contributed by atoms with E-state index in [0.29, 0.717) is 17.3 Å². The Morgan fingerprint density at radius 1 is 1.25 bits per heavy atom. The van der Waals surface area contributed by atoms with Gasteiger partial charge in [0.2, 0.25) is 0 Å². The Morgan fingerprint density at radius 2 is 2.00 bits per heavy atom. The van der Waals surface area contributed by atoms with Gasteiger partial charge in [0.1, 0.15) is 11.5 Å². The fourth-order valence-corrected chi connectivity index (χ4v) is 1.57. The first-order valence-electron chi connectivity index (χ1n) is 5.20. The van der Waals surface area contributed by atoms with Crippen molar-refractivity contribution in [2.75, 3.05) is 5.73 Å². The molecule has 0 saturated carbocycles. The number of nitrogens with two attached hydrogens (primary N) is 1. The third-order valence-electron chi connectivity index (χ3n) is 2.32. The van der Waals surface area contributed by atoms with Crippen LogP contribution < -0.4 is 5.73 Å². The predicted octanol–water partition coefficient (Wildman–Crippen LogP) is 1.04. The highest BCUT2D eigenvalue weighted by Crippen LogP contribution is 2.20. The molecule has 0 aliphatic heterocycles. The van der Waals surface area contributed by atoms with Crippen LogP contribution in [-0.2, 0) is 6.54 Å². The Labute approximate surface area is 93.6 Å². The molecule has 2 heterocycles. The maximum absolute atomic E-state index is 5.77. The summed E-state index contributed by atoms with van der Waals surface area (Å²) in [6, 6.07) is 0. The highest BCUT2D eigenvalue weighted by atomic mass is 15.3. The zero-order valence-electron chi connectivity index (χ0n) is 9.38. The van der Waals surface area contributed by atoms with Gasteiger partial charge < -0.3 is 10.3 Å². The van der Waals surface area contributed by atoms with E-state index in [0.717, 1.165) is 18.8 Å². The van der Waals surface area contributed by atoms with Crippen LogP contribution in [0.5, 0.6) is 0 Å². The quantitative estimate of drug-likeness (QED) is 0.832. The molecule has 2 aromatic heterocycles. The van der Waals surface area contributed by atoms with Crippen LogP contribution in [0.2, 0.25) is 0 Å². The Bertz CT molecular complexity index is 490. The molecule has 0 unspecified atom stereocenters. The molecular formula is C10H14N6. The molecule has 0 atom stereocenters. The van der Waals surface area contributed by atoms with Crippen molar-refractivity contribution in [3.05, 3.63) is 18.2 Å². The fraction of sp³-hybridized carbons (Fsp3) is 0.400. The molecule has 16 heavy (non-hydrogen) atoms. The summed E-state index contributed by atoms with van der Waals surface area (Å²) in [6.45, 7) is 4.87. The second-order valence-electron chi connectivity index (χ2n) is 3.51. The van der Waals surface area contributed by atoms with E-state index in [1.807, 2.05) is 11.5 Å². The van der Waals surface area contributed by atoms with Crippen molar-refractivity contribution in [3.8, 4) is 11.5 Å². The summed E-state index contributed by atoms with van der Waals surface area (Å²) in [7, 11) is 0. The van der Waals surface area contributed by atoms with Gasteiger partial charge in [-0.05, 0) is 13.3 Å². The van der Waals surface area contributed by atoms with Gasteiger partial charge >= 0.3 is 0 Å². The predicted molar refractivity (Wildman–Crippen MR) is 60.5 cm³/mol. The average Bonchev–Trinajstić information content (AvgIpc) is 2.62. The molecule has 2 aromatic rings. The molecule has 0 spiro atoms. The molecule has 0 bridgehead atoms. The van der Waals surface area contributed by atoms with E-state index in [2.05, 4.69) is 27.1 Å². The van der Waals surface area contributed by atoms with Gasteiger partial charge in [-0.15, -0.1) is 10.2 Å². The normalized spacial score (nSPS) is 10.6. The molecule has 6 heteroatoms. The number of nitrogen functional groups attached to an aromatic ring is 1. The molecule has 0 amide bonds. The highest BCUT2D eigenvalue weighted by molar-refractivity contribution is 5.63. The van der Waals surface area contributed by atoms with Gasteiger partial charge in [0.15, 0.2) is 11.6 Å². The van der Waals surface area contributed by atoms with Crippen LogP contribution in [0.25, 0.3) is 11.5 Å². The van der Waals surface area contributed by atoms with Gasteiger partial charge in [-0.2, -0.15) is 0 Å². The molecule has 0 radical (unpaired) electrons. The minimum atomic E-state index is 0.382. The zero-order chi connectivity index (χ0) is 11.5. The van der Waals surface area contributed by atoms with Crippen molar-refractivity contribution in [1.29, 1.82) is 0 Å². The molecule has 0 fully saturated rings. The molecule has 0 aliphatic carbocycles. The summed E-state index contributed by atoms with van der Waals surface area (Å²) in [5.74, 6) is 1.93. The first kappa shape index (κ1) is 10.5. The van der Waals surface area contributed by atoms with E-state index < -0.39 is 0 Å². The molecule has 0 saturated heterocycles. The molecule has 6 nitrogen and oxygen atoms in total. The van der Waals surface area contributed by atoms with E-state index in [-0.39, 0.29) is 0 Å². The van der Waals surface area contributed by atoms with Crippen molar-refractivity contribution >= 4 is 5.82 Å². The first-order chi connectivity index (χ1) is 7.74. The van der Waals surface area contributed by atoms with Crippen LogP contribution in [0.1, 0.15) is 19.2 Å². The van der Waals surface area contributed by atoms with Crippen LogP contribution in [0.4, 0.5) is 5.82 Å². The van der Waals surface area contributed by atoms with Crippen molar-refractivity contribution in [1.82, 2.24) is 24.7 Å². The highest BCUT2D eigenvalue weighted by Gasteiger charge is 2.14. The maximum atomic E-state index is 5.77. The lowest BCUT2D eigenvalue weighted by Crippen LogP contribution is -2.05. The second kappa shape index (κ2) is 4.26. The lowest BCUT2D eigenvalue weighted by molar-refractivity contribution is 0.661. The van der Waals surface area contributed by atoms with Crippen LogP contribution in [0.15, 0.2) is 12.4 Å². The fourth-order valence-electron chi connectivity index (χ4n) is 1.57. The SMILES string of the molecule is CCCn1c(C)nnc1-c1nccnc1N. The van der Waals surface area contributed by atoms with Crippen LogP contribution >= 0.6 is 0 Å². The monoisotopic (exact) mass is 218 g/mol. The van der Waals surface area contributed by atoms with Crippen LogP contribution in [-0.4, -0.2) is 24.7 Å². The van der Waals surface area contributed by atoms with E-state index >= 15 is 0 Å². The summed E-state index contributed by atoms with van der Waals surface area (Å²) < 4.78 is 2.00. The number of anilines is 1. The van der Waals surface area contributed by atoms with E-state index in [9.17, 15) is 0 Å². The van der Waals surface area contributed by atoms with Gasteiger partial charge in [-0.3, -0.25) is 0 Å². The van der Waals surface area contributed by atoms with Gasteiger partial charge in [0.25, 0.3) is 0 Å². The molecule has 2 N–H and O–H groups in total. The van der Waals surface area contributed by atoms with Crippen LogP contribution in [0.3, 0.4) is 0 Å². The minimum absolute atomic E-state index is 0.382. The lowest BCUT2D eigenvalue weighted by atomic mass is 10.3. The summed E-state index contributed by atoms with van der Waals surface area (Å²) in [6.07, 6.45) is 4.17. The number of aromatic nitrogens is 5. The van der Waals surface area contributed by atoms with Crippen molar-refractivity contribution in [2.24, 2.45) is 0 Å². The Morgan fingerprint density at radius 3 is 2.69 bits per heavy atom. The van der Waals surface area contributed by atoms with E-state index in [4.69, 9.17) is 5.73 Å². The number of nitrogens with zero attached hydrogens (tertiary/aromatic N) is 5. The largest absolute Gasteiger partial charge is 0.382 e. The third-order valence-corrected chi connectivity index (χ3v) is 2.32. The summed E-state index contributed by atoms with van der Waals surface area (Å²) in [5, 5.41) is 8.14. The number of rotatable bonds is 3. The summed E-state index contributed by atoms with van der Waals surface area (Å²) >= 11 is 0. The Kier molecular flexibility index (Phi) is 2.80. The lowest BCUT2D eigenvalue weighted by Gasteiger charge is -2.07. The molecule has 84 valence electrons. The Balaban J connectivity index is 2.52. The number of aryl methyl sites for hydroxylation is 1. The van der Waals surface area contributed by atoms with Gasteiger partial charge in [0, 0.05) is 18.9 Å². The van der Waals surface area contributed by atoms with Gasteiger partial charge in [-0.1, -0.05) is 6.92 Å². The van der Waals surface area contributed by atoms with Crippen molar-refractivity contribution < 1.29 is 0 Å². The minimum Gasteiger partial charge on any atom is -0.382 e. The van der Waals surface area contributed by atoms with Crippen molar-refractivity contribution in [2.45, 2.75) is 26.8 Å². The first-order valence-corrected chi connectivity index (χ1v) is 5.20. The van der Waals surface area contributed by atoms with Crippen LogP contribution in [0, 0.1) is 6.92 Å². The van der Waals surface area contributed by atoms with Crippen molar-refractivity contribution in [3.63, 3.8) is 0 Å². The van der Waals surface area contributed by atoms with Gasteiger partial charge in [-0.25, -0.2) is 9.97 Å². The number of hydrogen-bond donors (Lipinski definition) is 1. The molecule has 0 aromatic carbocycles. The molecular weight excluding hydrogens is 204 g/mol. The Hall–Kier alpha value is -1.98. The third kappa shape index (κ3) is 1.73. The van der Waals surface area contributed by atoms with E-state index in [1.165, 1.54) is 0 Å².